The van der Waals surface area contributed by atoms with E-state index in [0.717, 1.165) is 41.8 Å². The molecule has 0 bridgehead atoms. The summed E-state index contributed by atoms with van der Waals surface area (Å²) >= 11 is 0. The van der Waals surface area contributed by atoms with Gasteiger partial charge in [0.15, 0.2) is 5.82 Å². The molecule has 0 spiro atoms. The number of nitrogens with two attached hydrogens (primary N) is 1. The fourth-order valence-electron chi connectivity index (χ4n) is 3.47. The minimum absolute atomic E-state index is 0.0849. The Kier molecular flexibility index (Phi) is 4.45. The first-order valence-corrected chi connectivity index (χ1v) is 8.97. The zero-order chi connectivity index (χ0) is 19.0. The van der Waals surface area contributed by atoms with E-state index < -0.39 is 0 Å². The number of nitrogens with zero attached hydrogens (tertiary/aromatic N) is 4. The molecule has 0 saturated carbocycles. The zero-order valence-electron chi connectivity index (χ0n) is 15.4. The molecule has 3 heterocycles. The summed E-state index contributed by atoms with van der Waals surface area (Å²) in [4.78, 5) is 17.8. The molecule has 2 aromatic heterocycles. The number of fused-ring (bicyclic) bond motifs is 1. The fraction of sp³-hybridized carbons (Fsp3) is 0.300. The third-order valence-corrected chi connectivity index (χ3v) is 5.07. The Morgan fingerprint density at radius 3 is 2.89 bits per heavy atom. The minimum atomic E-state index is 0.0849. The molecule has 1 fully saturated rings. The van der Waals surface area contributed by atoms with Crippen molar-refractivity contribution in [3.05, 3.63) is 41.2 Å². The Hall–Kier alpha value is -3.06. The van der Waals surface area contributed by atoms with Gasteiger partial charge in [-0.25, -0.2) is 15.0 Å². The highest BCUT2D eigenvalue weighted by molar-refractivity contribution is 5.92. The molecule has 1 atom stereocenters. The first-order chi connectivity index (χ1) is 13.1. The van der Waals surface area contributed by atoms with Gasteiger partial charge < -0.3 is 16.2 Å². The molecule has 0 amide bonds. The largest absolute Gasteiger partial charge is 0.507 e. The van der Waals surface area contributed by atoms with Crippen LogP contribution < -0.4 is 11.1 Å². The molecule has 1 aliphatic rings. The van der Waals surface area contributed by atoms with Crippen molar-refractivity contribution in [2.75, 3.05) is 25.9 Å². The van der Waals surface area contributed by atoms with Crippen LogP contribution >= 0.6 is 0 Å². The molecule has 1 saturated heterocycles. The lowest BCUT2D eigenvalue weighted by Crippen LogP contribution is -2.09. The number of hydrogen-bond donors (Lipinski definition) is 3. The van der Waals surface area contributed by atoms with Gasteiger partial charge in [-0.1, -0.05) is 0 Å². The second-order valence-corrected chi connectivity index (χ2v) is 6.81. The first kappa shape index (κ1) is 17.4. The summed E-state index contributed by atoms with van der Waals surface area (Å²) in [5.74, 6) is 0.960. The van der Waals surface area contributed by atoms with E-state index in [2.05, 4.69) is 20.3 Å². The summed E-state index contributed by atoms with van der Waals surface area (Å²) in [6, 6.07) is 5.76. The third-order valence-electron chi connectivity index (χ3n) is 5.07. The van der Waals surface area contributed by atoms with Gasteiger partial charge in [0.1, 0.15) is 11.3 Å². The lowest BCUT2D eigenvalue weighted by molar-refractivity contribution is 0.473. The maximum Gasteiger partial charge on any atom is 0.163 e. The number of aromatic nitrogens is 3. The number of nitrogen functional groups attached to an aromatic ring is 1. The van der Waals surface area contributed by atoms with Crippen molar-refractivity contribution in [1.82, 2.24) is 20.3 Å². The summed E-state index contributed by atoms with van der Waals surface area (Å²) in [7, 11) is 1.68. The average Bonchev–Trinajstić information content (AvgIpc) is 3.22. The van der Waals surface area contributed by atoms with Crippen molar-refractivity contribution in [1.29, 1.82) is 0 Å². The second-order valence-electron chi connectivity index (χ2n) is 6.81. The van der Waals surface area contributed by atoms with E-state index >= 15 is 0 Å². The molecule has 138 valence electrons. The lowest BCUT2D eigenvalue weighted by Gasteiger charge is -2.12. The topological polar surface area (TPSA) is 109 Å². The highest BCUT2D eigenvalue weighted by Gasteiger charge is 2.19. The number of aliphatic imine (C=N–C) groups is 1. The number of hydrogen-bond acceptors (Lipinski definition) is 7. The van der Waals surface area contributed by atoms with Crippen LogP contribution in [0.5, 0.6) is 5.75 Å². The Morgan fingerprint density at radius 1 is 1.30 bits per heavy atom. The molecular formula is C20H22N6O. The van der Waals surface area contributed by atoms with Crippen LogP contribution in [0.1, 0.15) is 29.2 Å². The van der Waals surface area contributed by atoms with E-state index in [-0.39, 0.29) is 5.75 Å². The van der Waals surface area contributed by atoms with Crippen molar-refractivity contribution in [2.45, 2.75) is 19.3 Å². The first-order valence-electron chi connectivity index (χ1n) is 8.97. The molecule has 7 heteroatoms. The van der Waals surface area contributed by atoms with Crippen molar-refractivity contribution in [3.8, 4) is 17.1 Å². The van der Waals surface area contributed by atoms with Crippen LogP contribution in [0, 0.1) is 6.92 Å². The van der Waals surface area contributed by atoms with Crippen molar-refractivity contribution < 1.29 is 5.11 Å². The predicted molar refractivity (Wildman–Crippen MR) is 107 cm³/mol. The SMILES string of the molecule is CN=Cc1cc(-c2ncc3nc(C4CCNC4)ccc3n2)c(O)c(C)c1N. The van der Waals surface area contributed by atoms with Gasteiger partial charge in [-0.05, 0) is 38.1 Å². The standard InChI is InChI=1S/C20H22N6O/c1-11-18(21)13(8-22-2)7-14(19(11)27)20-24-10-17-16(26-20)4-3-15(25-17)12-5-6-23-9-12/h3-4,7-8,10,12,23,27H,5-6,9,21H2,1-2H3. The van der Waals surface area contributed by atoms with Crippen LogP contribution in [-0.4, -0.2) is 46.4 Å². The van der Waals surface area contributed by atoms with E-state index in [1.54, 1.807) is 32.4 Å². The van der Waals surface area contributed by atoms with Gasteiger partial charge in [0.25, 0.3) is 0 Å². The van der Waals surface area contributed by atoms with Gasteiger partial charge >= 0.3 is 0 Å². The Balaban J connectivity index is 1.79. The summed E-state index contributed by atoms with van der Waals surface area (Å²) in [5.41, 5.74) is 11.0. The van der Waals surface area contributed by atoms with E-state index in [1.165, 1.54) is 0 Å². The van der Waals surface area contributed by atoms with Crippen LogP contribution in [0.4, 0.5) is 5.69 Å². The number of rotatable bonds is 3. The molecule has 7 nitrogen and oxygen atoms in total. The minimum Gasteiger partial charge on any atom is -0.507 e. The van der Waals surface area contributed by atoms with Crippen molar-refractivity contribution >= 4 is 22.9 Å². The van der Waals surface area contributed by atoms with Gasteiger partial charge in [0, 0.05) is 48.2 Å². The van der Waals surface area contributed by atoms with E-state index in [0.29, 0.717) is 28.6 Å². The molecule has 4 rings (SSSR count). The van der Waals surface area contributed by atoms with Crippen molar-refractivity contribution in [2.24, 2.45) is 4.99 Å². The van der Waals surface area contributed by atoms with Crippen LogP contribution in [0.3, 0.4) is 0 Å². The zero-order valence-corrected chi connectivity index (χ0v) is 15.4. The quantitative estimate of drug-likeness (QED) is 0.488. The number of pyridine rings is 1. The van der Waals surface area contributed by atoms with Gasteiger partial charge in [0.2, 0.25) is 0 Å². The summed E-state index contributed by atoms with van der Waals surface area (Å²) in [6.07, 6.45) is 4.47. The van der Waals surface area contributed by atoms with Crippen molar-refractivity contribution in [3.63, 3.8) is 0 Å². The molecule has 1 aromatic carbocycles. The molecule has 0 radical (unpaired) electrons. The molecule has 1 unspecified atom stereocenters. The number of aromatic hydroxyl groups is 1. The van der Waals surface area contributed by atoms with Crippen LogP contribution in [0.15, 0.2) is 29.4 Å². The molecule has 0 aliphatic carbocycles. The lowest BCUT2D eigenvalue weighted by atomic mass is 10.0. The maximum absolute atomic E-state index is 10.6. The van der Waals surface area contributed by atoms with Crippen LogP contribution in [0.2, 0.25) is 0 Å². The molecule has 27 heavy (non-hydrogen) atoms. The summed E-state index contributed by atoms with van der Waals surface area (Å²) in [5, 5.41) is 13.9. The van der Waals surface area contributed by atoms with Crippen LogP contribution in [0.25, 0.3) is 22.4 Å². The Labute approximate surface area is 157 Å². The normalized spacial score (nSPS) is 17.2. The van der Waals surface area contributed by atoms with E-state index in [9.17, 15) is 5.11 Å². The second kappa shape index (κ2) is 6.92. The molecule has 1 aliphatic heterocycles. The highest BCUT2D eigenvalue weighted by Crippen LogP contribution is 2.35. The molecule has 3 aromatic rings. The maximum atomic E-state index is 10.6. The average molecular weight is 362 g/mol. The smallest absolute Gasteiger partial charge is 0.163 e. The van der Waals surface area contributed by atoms with E-state index in [4.69, 9.17) is 10.7 Å². The van der Waals surface area contributed by atoms with E-state index in [1.807, 2.05) is 12.1 Å². The number of phenolic OH excluding ortho intramolecular Hbond substituents is 1. The Morgan fingerprint density at radius 2 is 2.15 bits per heavy atom. The number of nitrogens with one attached hydrogen (secondary N) is 1. The van der Waals surface area contributed by atoms with Gasteiger partial charge in [-0.3, -0.25) is 4.99 Å². The fourth-order valence-corrected chi connectivity index (χ4v) is 3.47. The number of anilines is 1. The monoisotopic (exact) mass is 362 g/mol. The highest BCUT2D eigenvalue weighted by atomic mass is 16.3. The van der Waals surface area contributed by atoms with Crippen LogP contribution in [-0.2, 0) is 0 Å². The molecular weight excluding hydrogens is 340 g/mol. The number of benzene rings is 1. The summed E-state index contributed by atoms with van der Waals surface area (Å²) in [6.45, 7) is 3.75. The molecule has 4 N–H and O–H groups in total. The van der Waals surface area contributed by atoms with Gasteiger partial charge in [-0.2, -0.15) is 0 Å². The predicted octanol–water partition coefficient (Wildman–Crippen LogP) is 2.41. The Bertz CT molecular complexity index is 1040. The van der Waals surface area contributed by atoms with Gasteiger partial charge in [0.05, 0.1) is 17.3 Å². The third kappa shape index (κ3) is 3.10. The summed E-state index contributed by atoms with van der Waals surface area (Å²) < 4.78 is 0. The van der Waals surface area contributed by atoms with Gasteiger partial charge in [-0.15, -0.1) is 0 Å². The number of phenols is 1.